The Hall–Kier alpha value is -2.45. The van der Waals surface area contributed by atoms with E-state index in [1.165, 1.54) is 25.1 Å². The minimum atomic E-state index is -3.80. The highest BCUT2D eigenvalue weighted by atomic mass is 31.2. The van der Waals surface area contributed by atoms with Crippen LogP contribution < -0.4 is 5.30 Å². The number of aromatic carboxylic acids is 1. The van der Waals surface area contributed by atoms with Crippen molar-refractivity contribution in [1.82, 2.24) is 4.98 Å². The zero-order chi connectivity index (χ0) is 22.8. The third-order valence-electron chi connectivity index (χ3n) is 4.08. The van der Waals surface area contributed by atoms with Gasteiger partial charge in [-0.2, -0.15) is 13.9 Å². The number of aryl methyl sites for hydroxylation is 2. The molecule has 0 unspecified atom stereocenters. The first-order valence-electron chi connectivity index (χ1n) is 9.35. The Morgan fingerprint density at radius 3 is 2.17 bits per heavy atom. The maximum Gasteiger partial charge on any atom is 0.449 e. The summed E-state index contributed by atoms with van der Waals surface area (Å²) < 4.78 is 11.6. The number of benzene rings is 1. The van der Waals surface area contributed by atoms with Crippen LogP contribution in [-0.2, 0) is 9.05 Å². The third kappa shape index (κ3) is 4.99. The Labute approximate surface area is 175 Å². The highest BCUT2D eigenvalue weighted by Crippen LogP contribution is 2.60. The summed E-state index contributed by atoms with van der Waals surface area (Å²) in [5, 5.41) is 21.3. The predicted octanol–water partition coefficient (Wildman–Crippen LogP) is 4.20. The van der Waals surface area contributed by atoms with Crippen molar-refractivity contribution in [3.05, 3.63) is 51.3 Å². The molecule has 0 saturated heterocycles. The second-order valence-corrected chi connectivity index (χ2v) is 9.23. The molecule has 30 heavy (non-hydrogen) atoms. The van der Waals surface area contributed by atoms with Gasteiger partial charge in [-0.15, -0.1) is 0 Å². The molecule has 162 valence electrons. The molecule has 0 aliphatic rings. The average molecular weight is 437 g/mol. The van der Waals surface area contributed by atoms with Crippen LogP contribution in [0.25, 0.3) is 11.1 Å². The molecule has 1 heterocycles. The number of nitrogens with zero attached hydrogens (tertiary/aromatic N) is 2. The van der Waals surface area contributed by atoms with E-state index in [0.717, 1.165) is 0 Å². The average Bonchev–Trinajstić information content (AvgIpc) is 2.58. The molecule has 9 nitrogen and oxygen atoms in total. The van der Waals surface area contributed by atoms with Gasteiger partial charge in [0.2, 0.25) is 5.30 Å². The van der Waals surface area contributed by atoms with E-state index in [-0.39, 0.29) is 33.4 Å². The lowest BCUT2D eigenvalue weighted by molar-refractivity contribution is -0.384. The van der Waals surface area contributed by atoms with Crippen molar-refractivity contribution in [2.75, 3.05) is 0 Å². The topological polar surface area (TPSA) is 132 Å². The van der Waals surface area contributed by atoms with E-state index in [0.29, 0.717) is 5.69 Å². The first kappa shape index (κ1) is 23.8. The minimum absolute atomic E-state index is 0.105. The van der Waals surface area contributed by atoms with Crippen LogP contribution in [0, 0.1) is 24.0 Å². The molecule has 10 heteroatoms. The van der Waals surface area contributed by atoms with Crippen molar-refractivity contribution in [2.24, 2.45) is 0 Å². The van der Waals surface area contributed by atoms with Crippen molar-refractivity contribution in [2.45, 2.75) is 53.8 Å². The van der Waals surface area contributed by atoms with Gasteiger partial charge in [0.05, 0.1) is 27.4 Å². The van der Waals surface area contributed by atoms with Crippen LogP contribution in [-0.4, -0.2) is 38.1 Å². The largest absolute Gasteiger partial charge is 0.478 e. The molecule has 1 aromatic carbocycles. The summed E-state index contributed by atoms with van der Waals surface area (Å²) in [7, 11) is -3.80. The molecule has 0 radical (unpaired) electrons. The van der Waals surface area contributed by atoms with E-state index in [1.807, 2.05) is 0 Å². The summed E-state index contributed by atoms with van der Waals surface area (Å²) in [5.74, 6) is -1.27. The molecule has 0 saturated carbocycles. The standard InChI is InChI=1S/C20H25N2O7P/c1-11(2)28-30(27,29-12(3)4)19-14(6)21-13(5)17(20(23)24)18(19)15-8-7-9-16(10-15)22(25)26/h7-12,27H,1-6H3/p+1. The number of pyridine rings is 1. The van der Waals surface area contributed by atoms with Gasteiger partial charge >= 0.3 is 13.9 Å². The molecule has 0 amide bonds. The van der Waals surface area contributed by atoms with Gasteiger partial charge < -0.3 is 5.11 Å². The molecule has 0 spiro atoms. The van der Waals surface area contributed by atoms with Crippen LogP contribution in [0.4, 0.5) is 5.69 Å². The van der Waals surface area contributed by atoms with Gasteiger partial charge in [-0.05, 0) is 47.1 Å². The summed E-state index contributed by atoms with van der Waals surface area (Å²) in [6.07, 6.45) is -0.872. The van der Waals surface area contributed by atoms with Crippen molar-refractivity contribution in [1.29, 1.82) is 0 Å². The number of hydrogen-bond acceptors (Lipinski definition) is 7. The van der Waals surface area contributed by atoms with Crippen molar-refractivity contribution < 1.29 is 28.8 Å². The Morgan fingerprint density at radius 2 is 1.70 bits per heavy atom. The summed E-state index contributed by atoms with van der Waals surface area (Å²) >= 11 is 0. The van der Waals surface area contributed by atoms with E-state index in [9.17, 15) is 24.9 Å². The molecule has 0 aliphatic heterocycles. The highest BCUT2D eigenvalue weighted by Gasteiger charge is 2.51. The van der Waals surface area contributed by atoms with Crippen molar-refractivity contribution in [3.63, 3.8) is 0 Å². The number of carboxylic acid groups (broad SMARTS) is 1. The summed E-state index contributed by atoms with van der Waals surface area (Å²) in [6.45, 7) is 10.0. The Balaban J connectivity index is 2.99. The zero-order valence-electron chi connectivity index (χ0n) is 17.7. The van der Waals surface area contributed by atoms with Crippen LogP contribution in [0.15, 0.2) is 24.3 Å². The number of carboxylic acids is 1. The molecule has 0 fully saturated rings. The number of aromatic nitrogens is 1. The summed E-state index contributed by atoms with van der Waals surface area (Å²) in [6, 6.07) is 5.57. The van der Waals surface area contributed by atoms with Crippen LogP contribution in [0.2, 0.25) is 0 Å². The van der Waals surface area contributed by atoms with Crippen LogP contribution in [0.5, 0.6) is 0 Å². The van der Waals surface area contributed by atoms with E-state index in [2.05, 4.69) is 4.98 Å². The van der Waals surface area contributed by atoms with E-state index in [1.54, 1.807) is 40.7 Å². The van der Waals surface area contributed by atoms with E-state index < -0.39 is 31.0 Å². The SMILES string of the molecule is Cc1nc(C)c([P+](O)(OC(C)C)OC(C)C)c(-c2cccc([N+](=O)[O-])c2)c1C(=O)O. The number of non-ortho nitro benzene ring substituents is 1. The van der Waals surface area contributed by atoms with E-state index in [4.69, 9.17) is 9.05 Å². The van der Waals surface area contributed by atoms with Gasteiger partial charge in [0.1, 0.15) is 12.2 Å². The van der Waals surface area contributed by atoms with Crippen molar-refractivity contribution in [3.8, 4) is 11.1 Å². The van der Waals surface area contributed by atoms with Gasteiger partial charge in [0, 0.05) is 12.1 Å². The number of nitro benzene ring substituents is 1. The maximum atomic E-state index is 12.1. The first-order valence-corrected chi connectivity index (χ1v) is 10.9. The fourth-order valence-electron chi connectivity index (χ4n) is 3.21. The van der Waals surface area contributed by atoms with Crippen LogP contribution in [0.1, 0.15) is 49.4 Å². The second kappa shape index (κ2) is 9.14. The predicted molar refractivity (Wildman–Crippen MR) is 114 cm³/mol. The van der Waals surface area contributed by atoms with E-state index >= 15 is 0 Å². The van der Waals surface area contributed by atoms with Gasteiger partial charge in [-0.3, -0.25) is 15.1 Å². The lowest BCUT2D eigenvalue weighted by Gasteiger charge is -2.24. The van der Waals surface area contributed by atoms with Crippen LogP contribution in [0.3, 0.4) is 0 Å². The molecule has 0 aliphatic carbocycles. The number of rotatable bonds is 8. The lowest BCUT2D eigenvalue weighted by atomic mass is 9.97. The summed E-state index contributed by atoms with van der Waals surface area (Å²) in [5.41, 5.74) is 0.520. The smallest absolute Gasteiger partial charge is 0.449 e. The quantitative estimate of drug-likeness (QED) is 0.357. The van der Waals surface area contributed by atoms with Gasteiger partial charge in [0.15, 0.2) is 0 Å². The Kier molecular flexibility index (Phi) is 7.26. The molecule has 2 rings (SSSR count). The van der Waals surface area contributed by atoms with Crippen molar-refractivity contribution >= 4 is 24.9 Å². The maximum absolute atomic E-state index is 12.1. The van der Waals surface area contributed by atoms with Gasteiger partial charge in [-0.25, -0.2) is 4.79 Å². The number of carbonyl (C=O) groups is 1. The number of hydrogen-bond donors (Lipinski definition) is 2. The zero-order valence-corrected chi connectivity index (χ0v) is 18.6. The molecular weight excluding hydrogens is 411 g/mol. The molecular formula is C20H26N2O7P+. The third-order valence-corrected chi connectivity index (χ3v) is 6.60. The minimum Gasteiger partial charge on any atom is -0.478 e. The summed E-state index contributed by atoms with van der Waals surface area (Å²) in [4.78, 5) is 38.7. The molecule has 2 N–H and O–H groups in total. The lowest BCUT2D eigenvalue weighted by Crippen LogP contribution is -2.28. The molecule has 0 atom stereocenters. The highest BCUT2D eigenvalue weighted by molar-refractivity contribution is 7.69. The normalized spacial score (nSPS) is 11.9. The second-order valence-electron chi connectivity index (χ2n) is 7.32. The first-order chi connectivity index (χ1) is 13.9. The fraction of sp³-hybridized carbons (Fsp3) is 0.400. The monoisotopic (exact) mass is 437 g/mol. The fourth-order valence-corrected chi connectivity index (χ4v) is 5.59. The molecule has 1 aromatic heterocycles. The molecule has 0 bridgehead atoms. The Bertz CT molecular complexity index is 966. The Morgan fingerprint density at radius 1 is 1.13 bits per heavy atom. The van der Waals surface area contributed by atoms with Gasteiger partial charge in [0.25, 0.3) is 5.69 Å². The van der Waals surface area contributed by atoms with Gasteiger partial charge in [-0.1, -0.05) is 12.1 Å². The number of nitro groups is 1. The van der Waals surface area contributed by atoms with Crippen LogP contribution >= 0.6 is 7.94 Å². The molecule has 2 aromatic rings.